The van der Waals surface area contributed by atoms with Crippen LogP contribution in [0.5, 0.6) is 0 Å². The SMILES string of the molecule is CCC/C=C/CC/C=C/C(O)C(COC1OC(CO)C(O)C(O)C1O)NC(=O)CCCCCCCCCCCCCCCCCCCCCCCCCCCCCCC/C=C\CCCCCCCCCC. The molecule has 0 aliphatic carbocycles. The Balaban J connectivity index is 1.93. The quantitative estimate of drug-likeness (QED) is 0.0261. The van der Waals surface area contributed by atoms with Crippen molar-refractivity contribution >= 4 is 5.91 Å². The Morgan fingerprint density at radius 1 is 0.465 bits per heavy atom. The van der Waals surface area contributed by atoms with E-state index >= 15 is 0 Å². The fourth-order valence-electron chi connectivity index (χ4n) is 9.83. The van der Waals surface area contributed by atoms with E-state index in [9.17, 15) is 30.3 Å². The van der Waals surface area contributed by atoms with Crippen LogP contribution in [0.2, 0.25) is 0 Å². The second-order valence-electron chi connectivity index (χ2n) is 21.5. The Hall–Kier alpha value is -1.59. The summed E-state index contributed by atoms with van der Waals surface area (Å²) in [5, 5.41) is 54.0. The molecular formula is C62H117NO8. The molecule has 0 aromatic rings. The second-order valence-corrected chi connectivity index (χ2v) is 21.5. The van der Waals surface area contributed by atoms with E-state index in [1.165, 1.54) is 231 Å². The van der Waals surface area contributed by atoms with Crippen LogP contribution in [0.15, 0.2) is 36.5 Å². The highest BCUT2D eigenvalue weighted by Crippen LogP contribution is 2.23. The molecule has 1 heterocycles. The van der Waals surface area contributed by atoms with Crippen LogP contribution < -0.4 is 5.32 Å². The standard InChI is InChI=1S/C62H117NO8/c1-3-5-7-9-11-12-13-14-15-16-17-18-19-20-21-22-23-24-25-26-27-28-29-30-31-32-33-34-35-36-37-38-39-40-41-42-43-44-46-48-50-52-58(66)63-55(56(65)51-49-47-45-10-8-6-4-2)54-70-62-61(69)60(68)59(67)57(53-64)71-62/h8,10,16-17,49,51,55-57,59-62,64-65,67-69H,3-7,9,11-15,18-48,50,52-54H2,1-2H3,(H,63,66)/b10-8+,17-16-,51-49+. The first-order valence-electron chi connectivity index (χ1n) is 30.7. The minimum atomic E-state index is -1.57. The molecule has 418 valence electrons. The van der Waals surface area contributed by atoms with Crippen LogP contribution in [0.4, 0.5) is 0 Å². The van der Waals surface area contributed by atoms with Crippen LogP contribution in [0.1, 0.15) is 296 Å². The zero-order valence-electron chi connectivity index (χ0n) is 46.5. The molecule has 0 radical (unpaired) electrons. The lowest BCUT2D eigenvalue weighted by molar-refractivity contribution is -0.302. The molecule has 0 spiro atoms. The normalized spacial score (nSPS) is 19.5. The van der Waals surface area contributed by atoms with Gasteiger partial charge in [0.05, 0.1) is 25.4 Å². The molecule has 7 atom stereocenters. The maximum Gasteiger partial charge on any atom is 0.220 e. The Labute approximate surface area is 438 Å². The summed E-state index contributed by atoms with van der Waals surface area (Å²) in [6, 6.07) is -0.816. The largest absolute Gasteiger partial charge is 0.394 e. The van der Waals surface area contributed by atoms with Gasteiger partial charge in [-0.25, -0.2) is 0 Å². The van der Waals surface area contributed by atoms with Crippen molar-refractivity contribution in [1.82, 2.24) is 5.32 Å². The summed E-state index contributed by atoms with van der Waals surface area (Å²) in [5.41, 5.74) is 0. The third kappa shape index (κ3) is 41.4. The van der Waals surface area contributed by atoms with Crippen LogP contribution >= 0.6 is 0 Å². The average molecular weight is 1000 g/mol. The molecule has 1 rings (SSSR count). The zero-order chi connectivity index (χ0) is 51.5. The van der Waals surface area contributed by atoms with Crippen LogP contribution in [0.3, 0.4) is 0 Å². The van der Waals surface area contributed by atoms with Gasteiger partial charge in [-0.2, -0.15) is 0 Å². The number of carbonyl (C=O) groups excluding carboxylic acids is 1. The number of rotatable bonds is 53. The van der Waals surface area contributed by atoms with Gasteiger partial charge in [-0.05, 0) is 51.4 Å². The van der Waals surface area contributed by atoms with Gasteiger partial charge in [0, 0.05) is 6.42 Å². The van der Waals surface area contributed by atoms with Crippen molar-refractivity contribution in [3.05, 3.63) is 36.5 Å². The molecule has 1 saturated heterocycles. The highest BCUT2D eigenvalue weighted by atomic mass is 16.7. The van der Waals surface area contributed by atoms with E-state index in [0.29, 0.717) is 6.42 Å². The lowest BCUT2D eigenvalue weighted by Gasteiger charge is -2.40. The summed E-state index contributed by atoms with van der Waals surface area (Å²) >= 11 is 0. The monoisotopic (exact) mass is 1000 g/mol. The van der Waals surface area contributed by atoms with Crippen molar-refractivity contribution in [3.63, 3.8) is 0 Å². The number of aliphatic hydroxyl groups excluding tert-OH is 5. The van der Waals surface area contributed by atoms with Gasteiger partial charge >= 0.3 is 0 Å². The summed E-state index contributed by atoms with van der Waals surface area (Å²) in [6.45, 7) is 3.66. The third-order valence-corrected chi connectivity index (χ3v) is 14.7. The number of allylic oxidation sites excluding steroid dienone is 5. The number of ether oxygens (including phenoxy) is 2. The number of nitrogens with one attached hydrogen (secondary N) is 1. The van der Waals surface area contributed by atoms with Gasteiger partial charge in [0.15, 0.2) is 6.29 Å². The van der Waals surface area contributed by atoms with Crippen molar-refractivity contribution in [2.24, 2.45) is 0 Å². The maximum atomic E-state index is 12.9. The van der Waals surface area contributed by atoms with Gasteiger partial charge in [-0.1, -0.05) is 275 Å². The van der Waals surface area contributed by atoms with Crippen LogP contribution in [0.25, 0.3) is 0 Å². The fraction of sp³-hybridized carbons (Fsp3) is 0.887. The van der Waals surface area contributed by atoms with Crippen molar-refractivity contribution in [3.8, 4) is 0 Å². The van der Waals surface area contributed by atoms with Gasteiger partial charge in [-0.3, -0.25) is 4.79 Å². The lowest BCUT2D eigenvalue weighted by Crippen LogP contribution is -2.60. The third-order valence-electron chi connectivity index (χ3n) is 14.7. The van der Waals surface area contributed by atoms with Crippen molar-refractivity contribution in [1.29, 1.82) is 0 Å². The Morgan fingerprint density at radius 3 is 1.24 bits per heavy atom. The van der Waals surface area contributed by atoms with E-state index < -0.39 is 49.5 Å². The van der Waals surface area contributed by atoms with Crippen molar-refractivity contribution in [2.75, 3.05) is 13.2 Å². The highest BCUT2D eigenvalue weighted by Gasteiger charge is 2.44. The molecular weight excluding hydrogens is 887 g/mol. The van der Waals surface area contributed by atoms with Crippen LogP contribution in [-0.4, -0.2) is 87.5 Å². The molecule has 7 unspecified atom stereocenters. The second kappa shape index (κ2) is 51.9. The van der Waals surface area contributed by atoms with Gasteiger partial charge in [0.25, 0.3) is 0 Å². The maximum absolute atomic E-state index is 12.9. The molecule has 1 amide bonds. The van der Waals surface area contributed by atoms with E-state index in [-0.39, 0.29) is 12.5 Å². The minimum absolute atomic E-state index is 0.187. The van der Waals surface area contributed by atoms with Crippen LogP contribution in [-0.2, 0) is 14.3 Å². The smallest absolute Gasteiger partial charge is 0.220 e. The fourth-order valence-corrected chi connectivity index (χ4v) is 9.83. The summed E-state index contributed by atoms with van der Waals surface area (Å²) in [5.74, 6) is -0.187. The Kier molecular flexibility index (Phi) is 49.3. The molecule has 71 heavy (non-hydrogen) atoms. The summed E-state index contributed by atoms with van der Waals surface area (Å²) in [6.07, 6.45) is 61.7. The number of unbranched alkanes of at least 4 members (excludes halogenated alkanes) is 39. The number of carbonyl (C=O) groups is 1. The van der Waals surface area contributed by atoms with Gasteiger partial charge in [0.2, 0.25) is 5.91 Å². The summed E-state index contributed by atoms with van der Waals surface area (Å²) in [7, 11) is 0. The molecule has 0 bridgehead atoms. The number of hydrogen-bond donors (Lipinski definition) is 6. The first kappa shape index (κ1) is 67.4. The average Bonchev–Trinajstić information content (AvgIpc) is 3.37. The minimum Gasteiger partial charge on any atom is -0.394 e. The van der Waals surface area contributed by atoms with Gasteiger partial charge in [-0.15, -0.1) is 0 Å². The molecule has 0 saturated carbocycles. The van der Waals surface area contributed by atoms with Crippen LogP contribution in [0, 0.1) is 0 Å². The predicted octanol–water partition coefficient (Wildman–Crippen LogP) is 15.5. The Morgan fingerprint density at radius 2 is 0.831 bits per heavy atom. The van der Waals surface area contributed by atoms with Crippen molar-refractivity contribution in [2.45, 2.75) is 339 Å². The van der Waals surface area contributed by atoms with Gasteiger partial charge < -0.3 is 40.3 Å². The molecule has 1 aliphatic heterocycles. The number of hydrogen-bond acceptors (Lipinski definition) is 8. The molecule has 1 fully saturated rings. The van der Waals surface area contributed by atoms with E-state index in [2.05, 4.69) is 43.5 Å². The number of amides is 1. The van der Waals surface area contributed by atoms with Crippen molar-refractivity contribution < 1.29 is 39.8 Å². The summed E-state index contributed by atoms with van der Waals surface area (Å²) < 4.78 is 11.2. The van der Waals surface area contributed by atoms with Gasteiger partial charge in [0.1, 0.15) is 24.4 Å². The first-order valence-corrected chi connectivity index (χ1v) is 30.7. The lowest BCUT2D eigenvalue weighted by atomic mass is 9.99. The molecule has 0 aromatic carbocycles. The number of aliphatic hydroxyl groups is 5. The Bertz CT molecular complexity index is 1210. The van der Waals surface area contributed by atoms with E-state index in [1.807, 2.05) is 6.08 Å². The summed E-state index contributed by atoms with van der Waals surface area (Å²) in [4.78, 5) is 12.9. The molecule has 9 heteroatoms. The zero-order valence-corrected chi connectivity index (χ0v) is 46.5. The topological polar surface area (TPSA) is 149 Å². The predicted molar refractivity (Wildman–Crippen MR) is 300 cm³/mol. The molecule has 1 aliphatic rings. The highest BCUT2D eigenvalue weighted by molar-refractivity contribution is 5.76. The molecule has 9 nitrogen and oxygen atoms in total. The molecule has 0 aromatic heterocycles. The molecule has 6 N–H and O–H groups in total. The van der Waals surface area contributed by atoms with E-state index in [0.717, 1.165) is 44.9 Å². The van der Waals surface area contributed by atoms with E-state index in [4.69, 9.17) is 9.47 Å². The van der Waals surface area contributed by atoms with E-state index in [1.54, 1.807) is 6.08 Å². The first-order chi connectivity index (χ1) is 34.8.